The van der Waals surface area contributed by atoms with Crippen molar-refractivity contribution in [2.75, 3.05) is 26.2 Å². The molecule has 0 saturated carbocycles. The molecule has 2 saturated heterocycles. The van der Waals surface area contributed by atoms with E-state index in [0.29, 0.717) is 41.7 Å². The van der Waals surface area contributed by atoms with Crippen molar-refractivity contribution in [2.24, 2.45) is 16.8 Å². The minimum Gasteiger partial charge on any atom is -0.355 e. The Kier molecular flexibility index (Phi) is 5.29. The molecule has 2 fully saturated rings. The number of likely N-dealkylation sites (tertiary alicyclic amines) is 2. The number of nitrogens with zero attached hydrogens (tertiary/aromatic N) is 4. The first-order chi connectivity index (χ1) is 15.4. The van der Waals surface area contributed by atoms with Crippen molar-refractivity contribution in [3.05, 3.63) is 65.2 Å². The molecule has 3 unspecified atom stereocenters. The fourth-order valence-corrected chi connectivity index (χ4v) is 5.10. The average Bonchev–Trinajstić information content (AvgIpc) is 3.33. The molecule has 166 valence electrons. The molecule has 6 nitrogen and oxygen atoms in total. The average molecular weight is 434 g/mol. The summed E-state index contributed by atoms with van der Waals surface area (Å²) in [5.74, 6) is 0.273. The summed E-state index contributed by atoms with van der Waals surface area (Å²) in [7, 11) is 0. The molecule has 0 aliphatic carbocycles. The largest absolute Gasteiger partial charge is 0.355 e. The van der Waals surface area contributed by atoms with Crippen LogP contribution in [0.25, 0.3) is 11.3 Å². The molecule has 3 aliphatic rings. The van der Waals surface area contributed by atoms with Gasteiger partial charge in [0, 0.05) is 49.3 Å². The Morgan fingerprint density at radius 1 is 1.06 bits per heavy atom. The van der Waals surface area contributed by atoms with Gasteiger partial charge >= 0.3 is 0 Å². The third-order valence-electron chi connectivity index (χ3n) is 6.66. The second-order valence-electron chi connectivity index (χ2n) is 9.21. The van der Waals surface area contributed by atoms with Crippen molar-refractivity contribution in [3.8, 4) is 11.3 Å². The zero-order valence-corrected chi connectivity index (χ0v) is 18.7. The van der Waals surface area contributed by atoms with Gasteiger partial charge in [0.1, 0.15) is 5.82 Å². The van der Waals surface area contributed by atoms with Gasteiger partial charge in [-0.15, -0.1) is 0 Å². The molecule has 3 atom stereocenters. The molecule has 1 aromatic carbocycles. The van der Waals surface area contributed by atoms with Crippen LogP contribution in [0.1, 0.15) is 29.8 Å². The molecule has 0 radical (unpaired) electrons. The first-order valence-electron chi connectivity index (χ1n) is 11.1. The van der Waals surface area contributed by atoms with E-state index in [0.717, 1.165) is 30.1 Å². The van der Waals surface area contributed by atoms with Crippen LogP contribution in [-0.4, -0.2) is 58.9 Å². The number of benzene rings is 1. The smallest absolute Gasteiger partial charge is 0.254 e. The molecular formula is C25H28FN5O. The van der Waals surface area contributed by atoms with E-state index in [1.807, 2.05) is 37.0 Å². The van der Waals surface area contributed by atoms with Crippen LogP contribution in [-0.2, 0) is 0 Å². The lowest BCUT2D eigenvalue weighted by molar-refractivity contribution is 0.0768. The molecule has 1 N–H and O–H groups in total. The van der Waals surface area contributed by atoms with E-state index in [2.05, 4.69) is 22.1 Å². The van der Waals surface area contributed by atoms with E-state index >= 15 is 0 Å². The van der Waals surface area contributed by atoms with Crippen LogP contribution >= 0.6 is 0 Å². The number of hydrogen-bond donors (Lipinski definition) is 1. The normalized spacial score (nSPS) is 25.2. The number of carbonyl (C=O) groups is 1. The Bertz CT molecular complexity index is 1100. The van der Waals surface area contributed by atoms with Crippen LogP contribution in [0.4, 0.5) is 4.39 Å². The van der Waals surface area contributed by atoms with Crippen molar-refractivity contribution in [2.45, 2.75) is 27.1 Å². The Hall–Kier alpha value is -3.06. The number of nitrogens with one attached hydrogen (secondary N) is 1. The van der Waals surface area contributed by atoms with E-state index in [-0.39, 0.29) is 12.2 Å². The first-order valence-corrected chi connectivity index (χ1v) is 11.1. The molecule has 1 aromatic heterocycles. The summed E-state index contributed by atoms with van der Waals surface area (Å²) in [6, 6.07) is 8.23. The molecular weight excluding hydrogens is 405 g/mol. The zero-order valence-electron chi connectivity index (χ0n) is 18.7. The van der Waals surface area contributed by atoms with Crippen LogP contribution in [0.2, 0.25) is 0 Å². The van der Waals surface area contributed by atoms with Crippen LogP contribution in [0, 0.1) is 24.6 Å². The van der Waals surface area contributed by atoms with Crippen molar-refractivity contribution < 1.29 is 9.18 Å². The van der Waals surface area contributed by atoms with Crippen molar-refractivity contribution in [3.63, 3.8) is 0 Å². The van der Waals surface area contributed by atoms with Gasteiger partial charge in [-0.3, -0.25) is 19.7 Å². The number of halogens is 1. The van der Waals surface area contributed by atoms with Gasteiger partial charge in [-0.25, -0.2) is 4.39 Å². The second-order valence-corrected chi connectivity index (χ2v) is 9.21. The Balaban J connectivity index is 1.31. The number of aryl methyl sites for hydroxylation is 1. The lowest BCUT2D eigenvalue weighted by Gasteiger charge is -2.30. The Morgan fingerprint density at radius 3 is 2.47 bits per heavy atom. The predicted octanol–water partition coefficient (Wildman–Crippen LogP) is 3.45. The van der Waals surface area contributed by atoms with Crippen LogP contribution in [0.3, 0.4) is 0 Å². The molecule has 32 heavy (non-hydrogen) atoms. The number of amides is 1. The highest BCUT2D eigenvalue weighted by Crippen LogP contribution is 2.34. The molecule has 3 aliphatic heterocycles. The molecule has 2 aromatic rings. The summed E-state index contributed by atoms with van der Waals surface area (Å²) < 4.78 is 14.1. The number of aromatic nitrogens is 1. The summed E-state index contributed by atoms with van der Waals surface area (Å²) in [5, 5.41) is 3.44. The number of allylic oxidation sites excluding steroid dienone is 2. The lowest BCUT2D eigenvalue weighted by atomic mass is 10.0. The van der Waals surface area contributed by atoms with Crippen LogP contribution < -0.4 is 5.32 Å². The first kappa shape index (κ1) is 20.8. The minimum atomic E-state index is -0.408. The minimum absolute atomic E-state index is 0.0304. The highest BCUT2D eigenvalue weighted by atomic mass is 19.1. The van der Waals surface area contributed by atoms with Gasteiger partial charge in [0.2, 0.25) is 0 Å². The Labute approximate surface area is 187 Å². The van der Waals surface area contributed by atoms with E-state index in [1.165, 1.54) is 12.1 Å². The Morgan fingerprint density at radius 2 is 1.81 bits per heavy atom. The fourth-order valence-electron chi connectivity index (χ4n) is 5.10. The number of fused-ring (bicyclic) bond motifs is 1. The summed E-state index contributed by atoms with van der Waals surface area (Å²) in [5.41, 5.74) is 4.94. The highest BCUT2D eigenvalue weighted by molar-refractivity contribution is 6.00. The van der Waals surface area contributed by atoms with Crippen molar-refractivity contribution in [1.29, 1.82) is 0 Å². The van der Waals surface area contributed by atoms with Crippen molar-refractivity contribution >= 4 is 11.6 Å². The number of aliphatic imine (C=N–C) groups is 1. The van der Waals surface area contributed by atoms with Gasteiger partial charge in [0.05, 0.1) is 11.3 Å². The zero-order chi connectivity index (χ0) is 22.4. The standard InChI is InChI=1S/C25H28FN5O/c1-15-4-7-23(27-10-15)21-6-5-20(26)9-22(21)24(32)30-11-18-13-31(14-19(18)12-30)25-28-16(2)8-17(3)29-25/h4-10,18-19,25,28H,11-14H2,1-3H3. The van der Waals surface area contributed by atoms with E-state index in [1.54, 1.807) is 12.3 Å². The number of hydrogen-bond acceptors (Lipinski definition) is 5. The van der Waals surface area contributed by atoms with E-state index in [4.69, 9.17) is 4.99 Å². The third-order valence-corrected chi connectivity index (χ3v) is 6.66. The topological polar surface area (TPSA) is 60.8 Å². The molecule has 0 bridgehead atoms. The van der Waals surface area contributed by atoms with Crippen molar-refractivity contribution in [1.82, 2.24) is 20.1 Å². The maximum Gasteiger partial charge on any atom is 0.254 e. The summed E-state index contributed by atoms with van der Waals surface area (Å²) in [6.07, 6.45) is 3.78. The fraction of sp³-hybridized carbons (Fsp3) is 0.400. The maximum atomic E-state index is 14.1. The van der Waals surface area contributed by atoms with Gasteiger partial charge in [-0.1, -0.05) is 6.07 Å². The summed E-state index contributed by atoms with van der Waals surface area (Å²) in [4.78, 5) is 26.9. The molecule has 0 spiro atoms. The molecule has 7 heteroatoms. The predicted molar refractivity (Wildman–Crippen MR) is 123 cm³/mol. The number of pyridine rings is 1. The summed E-state index contributed by atoms with van der Waals surface area (Å²) in [6.45, 7) is 9.20. The van der Waals surface area contributed by atoms with Gasteiger partial charge in [-0.05, 0) is 68.5 Å². The number of rotatable bonds is 3. The SMILES string of the molecule is CC1=CC(C)=NC(N2CC3CN(C(=O)c4cc(F)ccc4-c4ccc(C)cn4)CC3C2)N1. The highest BCUT2D eigenvalue weighted by Gasteiger charge is 2.44. The molecule has 1 amide bonds. The third kappa shape index (κ3) is 3.93. The van der Waals surface area contributed by atoms with Gasteiger partial charge in [0.15, 0.2) is 6.29 Å². The lowest BCUT2D eigenvalue weighted by Crippen LogP contribution is -2.46. The molecule has 5 rings (SSSR count). The second kappa shape index (κ2) is 8.13. The van der Waals surface area contributed by atoms with Crippen LogP contribution in [0.5, 0.6) is 0 Å². The monoisotopic (exact) mass is 433 g/mol. The van der Waals surface area contributed by atoms with Crippen LogP contribution in [0.15, 0.2) is 53.3 Å². The van der Waals surface area contributed by atoms with Gasteiger partial charge in [-0.2, -0.15) is 0 Å². The van der Waals surface area contributed by atoms with E-state index < -0.39 is 5.82 Å². The maximum absolute atomic E-state index is 14.1. The number of carbonyl (C=O) groups excluding carboxylic acids is 1. The van der Waals surface area contributed by atoms with Gasteiger partial charge in [0.25, 0.3) is 5.91 Å². The van der Waals surface area contributed by atoms with Gasteiger partial charge < -0.3 is 10.2 Å². The van der Waals surface area contributed by atoms with E-state index in [9.17, 15) is 9.18 Å². The quantitative estimate of drug-likeness (QED) is 0.806. The summed E-state index contributed by atoms with van der Waals surface area (Å²) >= 11 is 0. The molecule has 4 heterocycles.